The highest BCUT2D eigenvalue weighted by Gasteiger charge is 2.35. The van der Waals surface area contributed by atoms with Gasteiger partial charge >= 0.3 is 0 Å². The van der Waals surface area contributed by atoms with E-state index in [1.165, 1.54) is 31.9 Å². The van der Waals surface area contributed by atoms with Crippen LogP contribution in [0.1, 0.15) is 38.5 Å². The molecule has 4 nitrogen and oxygen atoms in total. The van der Waals surface area contributed by atoms with Gasteiger partial charge in [0.25, 0.3) is 0 Å². The molecule has 0 bridgehead atoms. The molecule has 0 saturated heterocycles. The van der Waals surface area contributed by atoms with Crippen LogP contribution in [0.4, 0.5) is 11.4 Å². The molecule has 1 spiro atoms. The van der Waals surface area contributed by atoms with E-state index in [1.54, 1.807) is 6.07 Å². The van der Waals surface area contributed by atoms with Gasteiger partial charge in [-0.05, 0) is 25.0 Å². The maximum Gasteiger partial charge on any atom is 0.177 e. The van der Waals surface area contributed by atoms with Crippen molar-refractivity contribution in [2.75, 3.05) is 23.4 Å². The first kappa shape index (κ1) is 13.7. The standard InChI is InChI=1S/C15H22N2O2S/c1-20(18,19)13-8-6-7-12-14(13)16-11-15(17-12)9-4-2-3-5-10-15/h6-8,16-17H,2-5,9-11H2,1H3. The molecule has 0 amide bonds. The smallest absolute Gasteiger partial charge is 0.177 e. The predicted molar refractivity (Wildman–Crippen MR) is 82.1 cm³/mol. The molecule has 0 unspecified atom stereocenters. The Morgan fingerprint density at radius 1 is 1.10 bits per heavy atom. The Labute approximate surface area is 120 Å². The lowest BCUT2D eigenvalue weighted by atomic mass is 9.88. The fraction of sp³-hybridized carbons (Fsp3) is 0.600. The van der Waals surface area contributed by atoms with Crippen LogP contribution in [0.3, 0.4) is 0 Å². The van der Waals surface area contributed by atoms with Crippen molar-refractivity contribution in [1.29, 1.82) is 0 Å². The summed E-state index contributed by atoms with van der Waals surface area (Å²) in [4.78, 5) is 0.394. The second-order valence-corrected chi connectivity index (χ2v) is 8.11. The summed E-state index contributed by atoms with van der Waals surface area (Å²) >= 11 is 0. The third kappa shape index (κ3) is 2.51. The Morgan fingerprint density at radius 3 is 2.45 bits per heavy atom. The first-order chi connectivity index (χ1) is 9.50. The van der Waals surface area contributed by atoms with E-state index in [9.17, 15) is 8.42 Å². The highest BCUT2D eigenvalue weighted by Crippen LogP contribution is 2.40. The monoisotopic (exact) mass is 294 g/mol. The molecular formula is C15H22N2O2S. The van der Waals surface area contributed by atoms with Crippen LogP contribution in [0.15, 0.2) is 23.1 Å². The van der Waals surface area contributed by atoms with Crippen LogP contribution in [0.5, 0.6) is 0 Å². The molecule has 1 aliphatic carbocycles. The van der Waals surface area contributed by atoms with Crippen molar-refractivity contribution in [3.63, 3.8) is 0 Å². The Morgan fingerprint density at radius 2 is 1.80 bits per heavy atom. The summed E-state index contributed by atoms with van der Waals surface area (Å²) in [6, 6.07) is 5.47. The molecule has 0 atom stereocenters. The molecule has 3 rings (SSSR count). The largest absolute Gasteiger partial charge is 0.380 e. The number of rotatable bonds is 1. The summed E-state index contributed by atoms with van der Waals surface area (Å²) in [7, 11) is -3.20. The minimum atomic E-state index is -3.20. The summed E-state index contributed by atoms with van der Waals surface area (Å²) in [6.45, 7) is 0.812. The molecule has 1 saturated carbocycles. The van der Waals surface area contributed by atoms with Crippen molar-refractivity contribution < 1.29 is 8.42 Å². The molecule has 110 valence electrons. The zero-order valence-electron chi connectivity index (χ0n) is 11.9. The van der Waals surface area contributed by atoms with Gasteiger partial charge in [0, 0.05) is 12.8 Å². The van der Waals surface area contributed by atoms with Crippen LogP contribution in [0.2, 0.25) is 0 Å². The van der Waals surface area contributed by atoms with Crippen LogP contribution in [0.25, 0.3) is 0 Å². The molecule has 0 aromatic heterocycles. The second-order valence-electron chi connectivity index (χ2n) is 6.12. The minimum Gasteiger partial charge on any atom is -0.380 e. The van der Waals surface area contributed by atoms with Crippen LogP contribution < -0.4 is 10.6 Å². The van der Waals surface area contributed by atoms with E-state index in [1.807, 2.05) is 12.1 Å². The topological polar surface area (TPSA) is 58.2 Å². The van der Waals surface area contributed by atoms with E-state index in [0.29, 0.717) is 4.90 Å². The highest BCUT2D eigenvalue weighted by molar-refractivity contribution is 7.90. The lowest BCUT2D eigenvalue weighted by Gasteiger charge is -2.40. The molecule has 1 aliphatic heterocycles. The van der Waals surface area contributed by atoms with E-state index in [4.69, 9.17) is 0 Å². The summed E-state index contributed by atoms with van der Waals surface area (Å²) in [5.41, 5.74) is 1.77. The second kappa shape index (κ2) is 4.95. The van der Waals surface area contributed by atoms with Crippen molar-refractivity contribution in [2.24, 2.45) is 0 Å². The number of anilines is 2. The van der Waals surface area contributed by atoms with E-state index < -0.39 is 9.84 Å². The summed E-state index contributed by atoms with van der Waals surface area (Å²) < 4.78 is 23.7. The van der Waals surface area contributed by atoms with Gasteiger partial charge in [0.1, 0.15) is 0 Å². The first-order valence-electron chi connectivity index (χ1n) is 7.35. The fourth-order valence-electron chi connectivity index (χ4n) is 3.42. The zero-order chi connectivity index (χ0) is 14.2. The lowest BCUT2D eigenvalue weighted by Crippen LogP contribution is -2.47. The SMILES string of the molecule is CS(=O)(=O)c1cccc2c1NCC1(CCCCCC1)N2. The Balaban J connectivity index is 1.96. The molecule has 5 heteroatoms. The van der Waals surface area contributed by atoms with Crippen LogP contribution in [-0.4, -0.2) is 26.8 Å². The van der Waals surface area contributed by atoms with Crippen molar-refractivity contribution in [1.82, 2.24) is 0 Å². The molecule has 1 fully saturated rings. The fourth-order valence-corrected chi connectivity index (χ4v) is 4.30. The van der Waals surface area contributed by atoms with Gasteiger partial charge in [0.05, 0.1) is 21.8 Å². The summed E-state index contributed by atoms with van der Waals surface area (Å²) in [5.74, 6) is 0. The lowest BCUT2D eigenvalue weighted by molar-refractivity contribution is 0.422. The number of fused-ring (bicyclic) bond motifs is 1. The van der Waals surface area contributed by atoms with E-state index in [2.05, 4.69) is 10.6 Å². The number of para-hydroxylation sites is 1. The van der Waals surface area contributed by atoms with Crippen LogP contribution in [-0.2, 0) is 9.84 Å². The van der Waals surface area contributed by atoms with Gasteiger partial charge in [0.15, 0.2) is 9.84 Å². The van der Waals surface area contributed by atoms with Gasteiger partial charge in [-0.2, -0.15) is 0 Å². The Bertz CT molecular complexity index is 602. The molecule has 0 radical (unpaired) electrons. The first-order valence-corrected chi connectivity index (χ1v) is 9.25. The number of nitrogens with one attached hydrogen (secondary N) is 2. The number of hydrogen-bond acceptors (Lipinski definition) is 4. The molecule has 2 N–H and O–H groups in total. The third-order valence-corrected chi connectivity index (χ3v) is 5.63. The zero-order valence-corrected chi connectivity index (χ0v) is 12.7. The predicted octanol–water partition coefficient (Wildman–Crippen LogP) is 3.02. The molecule has 2 aliphatic rings. The van der Waals surface area contributed by atoms with Gasteiger partial charge in [-0.1, -0.05) is 31.7 Å². The molecule has 1 heterocycles. The summed E-state index contributed by atoms with van der Waals surface area (Å²) in [5, 5.41) is 7.02. The quantitative estimate of drug-likeness (QED) is 0.836. The third-order valence-electron chi connectivity index (χ3n) is 4.49. The van der Waals surface area contributed by atoms with E-state index in [0.717, 1.165) is 30.8 Å². The number of sulfone groups is 1. The maximum atomic E-state index is 11.9. The van der Waals surface area contributed by atoms with Gasteiger partial charge in [-0.15, -0.1) is 0 Å². The molecule has 1 aromatic rings. The van der Waals surface area contributed by atoms with Gasteiger partial charge in [-0.25, -0.2) is 8.42 Å². The van der Waals surface area contributed by atoms with Gasteiger partial charge < -0.3 is 10.6 Å². The maximum absolute atomic E-state index is 11.9. The van der Waals surface area contributed by atoms with Crippen LogP contribution in [0, 0.1) is 0 Å². The average Bonchev–Trinajstić information content (AvgIpc) is 2.62. The number of benzene rings is 1. The molecular weight excluding hydrogens is 272 g/mol. The van der Waals surface area contributed by atoms with Gasteiger partial charge in [0.2, 0.25) is 0 Å². The van der Waals surface area contributed by atoms with Crippen molar-refractivity contribution in [3.05, 3.63) is 18.2 Å². The number of hydrogen-bond donors (Lipinski definition) is 2. The molecule has 1 aromatic carbocycles. The highest BCUT2D eigenvalue weighted by atomic mass is 32.2. The molecule has 20 heavy (non-hydrogen) atoms. The van der Waals surface area contributed by atoms with Crippen molar-refractivity contribution >= 4 is 21.2 Å². The Kier molecular flexibility index (Phi) is 3.40. The normalized spacial score (nSPS) is 21.4. The van der Waals surface area contributed by atoms with Crippen molar-refractivity contribution in [2.45, 2.75) is 49.0 Å². The van der Waals surface area contributed by atoms with Crippen LogP contribution >= 0.6 is 0 Å². The van der Waals surface area contributed by atoms with Crippen molar-refractivity contribution in [3.8, 4) is 0 Å². The van der Waals surface area contributed by atoms with E-state index in [-0.39, 0.29) is 5.54 Å². The Hall–Kier alpha value is -1.23. The van der Waals surface area contributed by atoms with E-state index >= 15 is 0 Å². The summed E-state index contributed by atoms with van der Waals surface area (Å²) in [6.07, 6.45) is 8.68. The van der Waals surface area contributed by atoms with Gasteiger partial charge in [-0.3, -0.25) is 0 Å². The minimum absolute atomic E-state index is 0.0969. The average molecular weight is 294 g/mol.